The van der Waals surface area contributed by atoms with Crippen molar-refractivity contribution in [2.75, 3.05) is 5.43 Å². The Morgan fingerprint density at radius 2 is 2.00 bits per heavy atom. The zero-order valence-electron chi connectivity index (χ0n) is 6.49. The van der Waals surface area contributed by atoms with E-state index in [1.54, 1.807) is 0 Å². The number of anilines is 1. The highest BCUT2D eigenvalue weighted by Gasteiger charge is 2.13. The number of primary sulfonamides is 1. The SMILES string of the molecule is NNc1ccc(S(N)(=O)=O)c(F)c1. The minimum atomic E-state index is -4.00. The number of hydrazine groups is 1. The molecule has 13 heavy (non-hydrogen) atoms. The fourth-order valence-corrected chi connectivity index (χ4v) is 1.41. The Bertz CT molecular complexity index is 418. The standard InChI is InChI=1S/C6H8FN3O2S/c7-5-3-4(10-8)1-2-6(5)13(9,11)12/h1-3,10H,8H2,(H2,9,11,12). The number of hydrogen-bond donors (Lipinski definition) is 3. The van der Waals surface area contributed by atoms with Crippen LogP contribution in [0.3, 0.4) is 0 Å². The van der Waals surface area contributed by atoms with Gasteiger partial charge in [0, 0.05) is 0 Å². The summed E-state index contributed by atoms with van der Waals surface area (Å²) in [6.45, 7) is 0. The number of benzene rings is 1. The molecule has 0 aliphatic heterocycles. The molecule has 0 aliphatic rings. The van der Waals surface area contributed by atoms with Gasteiger partial charge in [-0.15, -0.1) is 0 Å². The van der Waals surface area contributed by atoms with Crippen molar-refractivity contribution < 1.29 is 12.8 Å². The first kappa shape index (κ1) is 9.90. The summed E-state index contributed by atoms with van der Waals surface area (Å²) in [5.41, 5.74) is 2.44. The van der Waals surface area contributed by atoms with Crippen molar-refractivity contribution in [2.24, 2.45) is 11.0 Å². The molecule has 7 heteroatoms. The van der Waals surface area contributed by atoms with Gasteiger partial charge in [0.15, 0.2) is 0 Å². The maximum Gasteiger partial charge on any atom is 0.240 e. The van der Waals surface area contributed by atoms with Crippen LogP contribution in [0.15, 0.2) is 23.1 Å². The average Bonchev–Trinajstić information content (AvgIpc) is 2.01. The lowest BCUT2D eigenvalue weighted by molar-refractivity contribution is 0.568. The van der Waals surface area contributed by atoms with E-state index in [0.717, 1.165) is 12.1 Å². The molecule has 0 fully saturated rings. The monoisotopic (exact) mass is 205 g/mol. The number of sulfonamides is 1. The first-order chi connectivity index (χ1) is 5.95. The van der Waals surface area contributed by atoms with Crippen LogP contribution in [0.2, 0.25) is 0 Å². The largest absolute Gasteiger partial charge is 0.324 e. The molecule has 0 aliphatic carbocycles. The molecule has 0 saturated heterocycles. The number of hydrogen-bond acceptors (Lipinski definition) is 4. The first-order valence-electron chi connectivity index (χ1n) is 3.24. The van der Waals surface area contributed by atoms with Gasteiger partial charge in [0.05, 0.1) is 5.69 Å². The van der Waals surface area contributed by atoms with Gasteiger partial charge in [-0.1, -0.05) is 0 Å². The van der Waals surface area contributed by atoms with E-state index in [4.69, 9.17) is 11.0 Å². The Hall–Kier alpha value is -1.18. The quantitative estimate of drug-likeness (QED) is 0.458. The maximum absolute atomic E-state index is 13.0. The predicted molar refractivity (Wildman–Crippen MR) is 45.6 cm³/mol. The molecule has 1 aromatic carbocycles. The van der Waals surface area contributed by atoms with E-state index < -0.39 is 20.7 Å². The van der Waals surface area contributed by atoms with Gasteiger partial charge in [0.1, 0.15) is 10.7 Å². The van der Waals surface area contributed by atoms with E-state index in [1.807, 2.05) is 0 Å². The second-order valence-electron chi connectivity index (χ2n) is 2.33. The number of nitrogen functional groups attached to an aromatic ring is 1. The highest BCUT2D eigenvalue weighted by Crippen LogP contribution is 2.16. The molecular weight excluding hydrogens is 197 g/mol. The summed E-state index contributed by atoms with van der Waals surface area (Å²) in [7, 11) is -4.00. The van der Waals surface area contributed by atoms with E-state index >= 15 is 0 Å². The van der Waals surface area contributed by atoms with Crippen molar-refractivity contribution in [1.82, 2.24) is 0 Å². The summed E-state index contributed by atoms with van der Waals surface area (Å²) in [4.78, 5) is -0.550. The van der Waals surface area contributed by atoms with Gasteiger partial charge in [-0.2, -0.15) is 0 Å². The molecule has 0 atom stereocenters. The van der Waals surface area contributed by atoms with E-state index in [0.29, 0.717) is 0 Å². The zero-order valence-corrected chi connectivity index (χ0v) is 7.31. The second-order valence-corrected chi connectivity index (χ2v) is 3.86. The van der Waals surface area contributed by atoms with Crippen molar-refractivity contribution in [3.05, 3.63) is 24.0 Å². The molecule has 72 valence electrons. The Morgan fingerprint density at radius 3 is 2.38 bits per heavy atom. The molecule has 5 nitrogen and oxygen atoms in total. The molecule has 0 unspecified atom stereocenters. The molecule has 0 radical (unpaired) electrons. The summed E-state index contributed by atoms with van der Waals surface area (Å²) in [6.07, 6.45) is 0. The fourth-order valence-electron chi connectivity index (χ4n) is 0.821. The van der Waals surface area contributed by atoms with Gasteiger partial charge in [-0.05, 0) is 18.2 Å². The minimum Gasteiger partial charge on any atom is -0.324 e. The summed E-state index contributed by atoms with van der Waals surface area (Å²) < 4.78 is 34.5. The van der Waals surface area contributed by atoms with Gasteiger partial charge < -0.3 is 5.43 Å². The van der Waals surface area contributed by atoms with Crippen molar-refractivity contribution in [3.63, 3.8) is 0 Å². The van der Waals surface area contributed by atoms with Gasteiger partial charge >= 0.3 is 0 Å². The topological polar surface area (TPSA) is 98.2 Å². The van der Waals surface area contributed by atoms with Gasteiger partial charge in [-0.3, -0.25) is 5.84 Å². The van der Waals surface area contributed by atoms with Gasteiger partial charge in [-0.25, -0.2) is 17.9 Å². The van der Waals surface area contributed by atoms with Crippen LogP contribution in [-0.4, -0.2) is 8.42 Å². The number of nitrogens with one attached hydrogen (secondary N) is 1. The molecule has 1 aromatic rings. The third-order valence-corrected chi connectivity index (χ3v) is 2.35. The maximum atomic E-state index is 13.0. The Morgan fingerprint density at radius 1 is 1.38 bits per heavy atom. The number of nitrogens with two attached hydrogens (primary N) is 2. The third-order valence-electron chi connectivity index (χ3n) is 1.41. The number of halogens is 1. The molecule has 1 rings (SSSR count). The molecule has 5 N–H and O–H groups in total. The molecule has 0 amide bonds. The second kappa shape index (κ2) is 3.29. The highest BCUT2D eigenvalue weighted by atomic mass is 32.2. The Labute approximate surface area is 74.6 Å². The van der Waals surface area contributed by atoms with Crippen LogP contribution in [0.25, 0.3) is 0 Å². The molecule has 0 bridgehead atoms. The lowest BCUT2D eigenvalue weighted by Crippen LogP contribution is -2.15. The minimum absolute atomic E-state index is 0.268. The average molecular weight is 205 g/mol. The molecule has 0 heterocycles. The summed E-state index contributed by atoms with van der Waals surface area (Å²) in [5.74, 6) is 4.05. The van der Waals surface area contributed by atoms with Crippen LogP contribution < -0.4 is 16.4 Å². The fraction of sp³-hybridized carbons (Fsp3) is 0. The van der Waals surface area contributed by atoms with Crippen molar-refractivity contribution in [2.45, 2.75) is 4.90 Å². The summed E-state index contributed by atoms with van der Waals surface area (Å²) in [6, 6.07) is 3.29. The van der Waals surface area contributed by atoms with Crippen LogP contribution >= 0.6 is 0 Å². The van der Waals surface area contributed by atoms with Crippen LogP contribution in [0.5, 0.6) is 0 Å². The van der Waals surface area contributed by atoms with Crippen LogP contribution in [0.1, 0.15) is 0 Å². The van der Waals surface area contributed by atoms with Crippen LogP contribution in [0, 0.1) is 5.82 Å². The molecule has 0 aromatic heterocycles. The van der Waals surface area contributed by atoms with Crippen molar-refractivity contribution in [3.8, 4) is 0 Å². The van der Waals surface area contributed by atoms with Gasteiger partial charge in [0.25, 0.3) is 0 Å². The van der Waals surface area contributed by atoms with Gasteiger partial charge in [0.2, 0.25) is 10.0 Å². The van der Waals surface area contributed by atoms with Crippen LogP contribution in [-0.2, 0) is 10.0 Å². The van der Waals surface area contributed by atoms with Crippen molar-refractivity contribution in [1.29, 1.82) is 0 Å². The summed E-state index contributed by atoms with van der Waals surface area (Å²) in [5, 5.41) is 4.73. The third kappa shape index (κ3) is 2.14. The molecular formula is C6H8FN3O2S. The molecule has 0 saturated carbocycles. The van der Waals surface area contributed by atoms with E-state index in [2.05, 4.69) is 5.43 Å². The van der Waals surface area contributed by atoms with E-state index in [1.165, 1.54) is 6.07 Å². The normalized spacial score (nSPS) is 11.3. The lowest BCUT2D eigenvalue weighted by atomic mass is 10.3. The number of rotatable bonds is 2. The van der Waals surface area contributed by atoms with E-state index in [-0.39, 0.29) is 5.69 Å². The van der Waals surface area contributed by atoms with Crippen LogP contribution in [0.4, 0.5) is 10.1 Å². The first-order valence-corrected chi connectivity index (χ1v) is 4.79. The predicted octanol–water partition coefficient (Wildman–Crippen LogP) is -0.241. The molecule has 0 spiro atoms. The Kier molecular flexibility index (Phi) is 2.50. The van der Waals surface area contributed by atoms with Crippen molar-refractivity contribution >= 4 is 15.7 Å². The zero-order chi connectivity index (χ0) is 10.1. The highest BCUT2D eigenvalue weighted by molar-refractivity contribution is 7.89. The summed E-state index contributed by atoms with van der Waals surface area (Å²) >= 11 is 0. The lowest BCUT2D eigenvalue weighted by Gasteiger charge is -2.02. The Balaban J connectivity index is 3.29. The smallest absolute Gasteiger partial charge is 0.240 e. The van der Waals surface area contributed by atoms with E-state index in [9.17, 15) is 12.8 Å².